The summed E-state index contributed by atoms with van der Waals surface area (Å²) in [5.74, 6) is 1.000. The Morgan fingerprint density at radius 2 is 1.97 bits per heavy atom. The molecular formula is C26H32N4O4. The zero-order valence-corrected chi connectivity index (χ0v) is 19.9. The van der Waals surface area contributed by atoms with Gasteiger partial charge in [0.15, 0.2) is 0 Å². The van der Waals surface area contributed by atoms with Crippen LogP contribution in [0.4, 0.5) is 0 Å². The van der Waals surface area contributed by atoms with Crippen molar-refractivity contribution in [1.82, 2.24) is 20.0 Å². The van der Waals surface area contributed by atoms with E-state index in [1.54, 1.807) is 31.5 Å². The number of carbonyl (C=O) groups excluding carboxylic acids is 1. The summed E-state index contributed by atoms with van der Waals surface area (Å²) in [6.07, 6.45) is 6.85. The van der Waals surface area contributed by atoms with E-state index in [1.165, 1.54) is 0 Å². The summed E-state index contributed by atoms with van der Waals surface area (Å²) in [5, 5.41) is 17.7. The standard InChI is InChI=1S/C26H32N4O4/c1-29(2)10-4-5-26(32)30(11-12-33-3)20-15-22(16-20)34-25-14-19(13-24-23(25)17-27-28-24)18-6-8-21(31)9-7-18/h4-9,13-14,17,20,22,31H,10-12,15-16H2,1-3H3,(H,27,28)/b5-4+. The highest BCUT2D eigenvalue weighted by atomic mass is 16.5. The number of amides is 1. The lowest BCUT2D eigenvalue weighted by atomic mass is 9.87. The quantitative estimate of drug-likeness (QED) is 0.447. The second kappa shape index (κ2) is 10.7. The van der Waals surface area contributed by atoms with E-state index >= 15 is 0 Å². The monoisotopic (exact) mass is 464 g/mol. The maximum absolute atomic E-state index is 12.8. The first-order valence-electron chi connectivity index (χ1n) is 11.5. The van der Waals surface area contributed by atoms with Gasteiger partial charge in [0.05, 0.1) is 23.7 Å². The molecule has 0 atom stereocenters. The third-order valence-electron chi connectivity index (χ3n) is 6.08. The number of aromatic amines is 1. The number of phenols is 1. The first-order valence-corrected chi connectivity index (χ1v) is 11.5. The lowest BCUT2D eigenvalue weighted by Crippen LogP contribution is -2.52. The zero-order valence-electron chi connectivity index (χ0n) is 19.9. The van der Waals surface area contributed by atoms with Crippen LogP contribution in [-0.4, -0.2) is 84.1 Å². The van der Waals surface area contributed by atoms with Crippen LogP contribution in [0.15, 0.2) is 54.7 Å². The number of nitrogens with zero attached hydrogens (tertiary/aromatic N) is 3. The van der Waals surface area contributed by atoms with Crippen molar-refractivity contribution in [3.8, 4) is 22.6 Å². The number of aromatic hydroxyl groups is 1. The Bertz CT molecular complexity index is 1130. The van der Waals surface area contributed by atoms with Gasteiger partial charge in [0.2, 0.25) is 5.91 Å². The Labute approximate surface area is 199 Å². The van der Waals surface area contributed by atoms with E-state index < -0.39 is 0 Å². The van der Waals surface area contributed by atoms with E-state index in [2.05, 4.69) is 10.2 Å². The molecule has 8 heteroatoms. The SMILES string of the molecule is COCCN(C(=O)/C=C/CN(C)C)C1CC(Oc2cc(-c3ccc(O)cc3)cc3[nH]ncc23)C1. The number of likely N-dealkylation sites (N-methyl/N-ethyl adjacent to an activating group) is 1. The molecule has 180 valence electrons. The Morgan fingerprint density at radius 3 is 2.68 bits per heavy atom. The number of aromatic nitrogens is 2. The van der Waals surface area contributed by atoms with Crippen LogP contribution in [0, 0.1) is 0 Å². The maximum Gasteiger partial charge on any atom is 0.246 e. The lowest BCUT2D eigenvalue weighted by Gasteiger charge is -2.42. The molecule has 1 heterocycles. The van der Waals surface area contributed by atoms with Crippen molar-refractivity contribution in [1.29, 1.82) is 0 Å². The molecule has 8 nitrogen and oxygen atoms in total. The number of H-pyrrole nitrogens is 1. The molecule has 34 heavy (non-hydrogen) atoms. The van der Waals surface area contributed by atoms with E-state index in [1.807, 2.05) is 54.2 Å². The van der Waals surface area contributed by atoms with Gasteiger partial charge in [-0.05, 0) is 49.5 Å². The summed E-state index contributed by atoms with van der Waals surface area (Å²) in [6, 6.07) is 11.2. The van der Waals surface area contributed by atoms with Crippen molar-refractivity contribution in [3.63, 3.8) is 0 Å². The van der Waals surface area contributed by atoms with Crippen LogP contribution in [0.1, 0.15) is 12.8 Å². The van der Waals surface area contributed by atoms with E-state index in [0.717, 1.165) is 47.2 Å². The molecule has 2 aromatic carbocycles. The minimum absolute atomic E-state index is 0.00824. The van der Waals surface area contributed by atoms with Gasteiger partial charge in [-0.2, -0.15) is 5.10 Å². The molecule has 0 saturated heterocycles. The van der Waals surface area contributed by atoms with Crippen molar-refractivity contribution in [2.45, 2.75) is 25.0 Å². The van der Waals surface area contributed by atoms with E-state index in [-0.39, 0.29) is 23.8 Å². The second-order valence-electron chi connectivity index (χ2n) is 8.91. The van der Waals surface area contributed by atoms with Gasteiger partial charge in [0.25, 0.3) is 0 Å². The van der Waals surface area contributed by atoms with Crippen LogP contribution >= 0.6 is 0 Å². The fraction of sp³-hybridized carbons (Fsp3) is 0.385. The summed E-state index contributed by atoms with van der Waals surface area (Å²) >= 11 is 0. The first kappa shape index (κ1) is 23.8. The fourth-order valence-electron chi connectivity index (χ4n) is 4.13. The Kier molecular flexibility index (Phi) is 7.49. The Hall–Kier alpha value is -3.36. The minimum Gasteiger partial charge on any atom is -0.508 e. The number of benzene rings is 2. The Morgan fingerprint density at radius 1 is 1.21 bits per heavy atom. The second-order valence-corrected chi connectivity index (χ2v) is 8.91. The minimum atomic E-state index is 0.00824. The molecule has 0 aliphatic heterocycles. The number of hydrogen-bond donors (Lipinski definition) is 2. The first-order chi connectivity index (χ1) is 16.4. The zero-order chi connectivity index (χ0) is 24.1. The number of rotatable bonds is 10. The molecule has 0 spiro atoms. The third-order valence-corrected chi connectivity index (χ3v) is 6.08. The van der Waals surface area contributed by atoms with Gasteiger partial charge in [-0.3, -0.25) is 9.89 Å². The predicted octanol–water partition coefficient (Wildman–Crippen LogP) is 3.44. The molecule has 0 bridgehead atoms. The molecule has 2 N–H and O–H groups in total. The molecular weight excluding hydrogens is 432 g/mol. The van der Waals surface area contributed by atoms with Gasteiger partial charge in [-0.1, -0.05) is 18.2 Å². The molecule has 3 aromatic rings. The van der Waals surface area contributed by atoms with Crippen LogP contribution in [0.2, 0.25) is 0 Å². The number of hydrogen-bond acceptors (Lipinski definition) is 6. The van der Waals surface area contributed by atoms with E-state index in [9.17, 15) is 9.90 Å². The van der Waals surface area contributed by atoms with E-state index in [4.69, 9.17) is 9.47 Å². The molecule has 1 amide bonds. The normalized spacial score (nSPS) is 17.9. The van der Waals surface area contributed by atoms with Crippen LogP contribution in [0.5, 0.6) is 11.5 Å². The summed E-state index contributed by atoms with van der Waals surface area (Å²) in [5.41, 5.74) is 2.84. The molecule has 0 radical (unpaired) electrons. The molecule has 1 aromatic heterocycles. The van der Waals surface area contributed by atoms with Gasteiger partial charge in [-0.25, -0.2) is 0 Å². The van der Waals surface area contributed by atoms with Gasteiger partial charge in [0.1, 0.15) is 17.6 Å². The highest BCUT2D eigenvalue weighted by Gasteiger charge is 2.37. The summed E-state index contributed by atoms with van der Waals surface area (Å²) < 4.78 is 11.6. The van der Waals surface area contributed by atoms with Gasteiger partial charge < -0.3 is 24.4 Å². The van der Waals surface area contributed by atoms with Gasteiger partial charge >= 0.3 is 0 Å². The molecule has 0 unspecified atom stereocenters. The van der Waals surface area contributed by atoms with Crippen molar-refractivity contribution < 1.29 is 19.4 Å². The number of nitrogens with one attached hydrogen (secondary N) is 1. The summed E-state index contributed by atoms with van der Waals surface area (Å²) in [6.45, 7) is 1.78. The van der Waals surface area contributed by atoms with Crippen LogP contribution in [0.25, 0.3) is 22.0 Å². The van der Waals surface area contributed by atoms with Crippen LogP contribution in [0.3, 0.4) is 0 Å². The molecule has 1 aliphatic rings. The molecule has 4 rings (SSSR count). The number of methoxy groups -OCH3 is 1. The van der Waals surface area contributed by atoms with Crippen LogP contribution < -0.4 is 4.74 Å². The van der Waals surface area contributed by atoms with Crippen LogP contribution in [-0.2, 0) is 9.53 Å². The molecule has 1 fully saturated rings. The summed E-state index contributed by atoms with van der Waals surface area (Å²) in [7, 11) is 5.59. The average Bonchev–Trinajstić information content (AvgIpc) is 3.26. The van der Waals surface area contributed by atoms with E-state index in [0.29, 0.717) is 13.2 Å². The fourth-order valence-corrected chi connectivity index (χ4v) is 4.13. The predicted molar refractivity (Wildman–Crippen MR) is 132 cm³/mol. The molecule has 1 aliphatic carbocycles. The van der Waals surface area contributed by atoms with Gasteiger partial charge in [0, 0.05) is 45.2 Å². The Balaban J connectivity index is 1.45. The van der Waals surface area contributed by atoms with Crippen molar-refractivity contribution >= 4 is 16.8 Å². The highest BCUT2D eigenvalue weighted by Crippen LogP contribution is 2.36. The number of phenolic OH excluding ortho intramolecular Hbond substituents is 1. The largest absolute Gasteiger partial charge is 0.508 e. The average molecular weight is 465 g/mol. The number of fused-ring (bicyclic) bond motifs is 1. The maximum atomic E-state index is 12.8. The third kappa shape index (κ3) is 5.58. The summed E-state index contributed by atoms with van der Waals surface area (Å²) in [4.78, 5) is 16.7. The molecule has 1 saturated carbocycles. The lowest BCUT2D eigenvalue weighted by molar-refractivity contribution is -0.133. The number of carbonyl (C=O) groups is 1. The van der Waals surface area contributed by atoms with Crippen molar-refractivity contribution in [2.75, 3.05) is 40.9 Å². The van der Waals surface area contributed by atoms with Gasteiger partial charge in [-0.15, -0.1) is 0 Å². The smallest absolute Gasteiger partial charge is 0.246 e. The number of ether oxygens (including phenoxy) is 2. The van der Waals surface area contributed by atoms with Crippen molar-refractivity contribution in [2.24, 2.45) is 0 Å². The highest BCUT2D eigenvalue weighted by molar-refractivity contribution is 5.90. The van der Waals surface area contributed by atoms with Crippen molar-refractivity contribution in [3.05, 3.63) is 54.7 Å². The topological polar surface area (TPSA) is 90.9 Å².